The minimum Gasteiger partial charge on any atom is -0.334 e. The van der Waals surface area contributed by atoms with Crippen LogP contribution in [0.3, 0.4) is 0 Å². The molecule has 0 saturated carbocycles. The largest absolute Gasteiger partial charge is 0.334 e. The van der Waals surface area contributed by atoms with Crippen molar-refractivity contribution in [3.8, 4) is 0 Å². The number of aryl methyl sites for hydroxylation is 2. The van der Waals surface area contributed by atoms with Crippen molar-refractivity contribution < 1.29 is 0 Å². The van der Waals surface area contributed by atoms with Crippen LogP contribution in [0, 0.1) is 0 Å². The van der Waals surface area contributed by atoms with Crippen LogP contribution >= 0.6 is 23.2 Å². The van der Waals surface area contributed by atoms with Crippen LogP contribution in [-0.2, 0) is 14.1 Å². The van der Waals surface area contributed by atoms with Crippen molar-refractivity contribution in [2.45, 2.75) is 0 Å². The maximum absolute atomic E-state index is 5.70. The van der Waals surface area contributed by atoms with E-state index in [2.05, 4.69) is 19.9 Å². The molecule has 0 radical (unpaired) electrons. The second-order valence-corrected chi connectivity index (χ2v) is 5.48. The summed E-state index contributed by atoms with van der Waals surface area (Å²) in [6.45, 7) is 0. The summed E-state index contributed by atoms with van der Waals surface area (Å²) >= 11 is 11.4. The van der Waals surface area contributed by atoms with E-state index in [0.29, 0.717) is 10.3 Å². The number of imidazole rings is 2. The van der Waals surface area contributed by atoms with Crippen molar-refractivity contribution in [2.24, 2.45) is 14.1 Å². The molecule has 0 amide bonds. The van der Waals surface area contributed by atoms with E-state index in [9.17, 15) is 0 Å². The van der Waals surface area contributed by atoms with Gasteiger partial charge < -0.3 is 9.13 Å². The average molecular weight is 335 g/mol. The molecule has 0 aromatic carbocycles. The molecule has 0 spiro atoms. The van der Waals surface area contributed by atoms with Gasteiger partial charge in [-0.3, -0.25) is 0 Å². The van der Waals surface area contributed by atoms with Crippen molar-refractivity contribution in [1.82, 2.24) is 29.1 Å². The van der Waals surface area contributed by atoms with Crippen LogP contribution in [0.25, 0.3) is 22.1 Å². The molecule has 0 aliphatic carbocycles. The third-order valence-corrected chi connectivity index (χ3v) is 3.57. The van der Waals surface area contributed by atoms with Crippen LogP contribution in [0.1, 0.15) is 0 Å². The predicted molar refractivity (Wildman–Crippen MR) is 87.0 cm³/mol. The average Bonchev–Trinajstić information content (AvgIpc) is 3.04. The van der Waals surface area contributed by atoms with Gasteiger partial charge in [0.05, 0.1) is 41.6 Å². The fraction of sp³-hybridized carbons (Fsp3) is 0.143. The summed E-state index contributed by atoms with van der Waals surface area (Å²) in [5.41, 5.74) is 3.75. The van der Waals surface area contributed by atoms with Gasteiger partial charge in [-0.25, -0.2) is 19.9 Å². The van der Waals surface area contributed by atoms with Gasteiger partial charge in [-0.1, -0.05) is 23.2 Å². The molecule has 4 rings (SSSR count). The Hall–Kier alpha value is -2.18. The van der Waals surface area contributed by atoms with E-state index >= 15 is 0 Å². The third kappa shape index (κ3) is 2.88. The van der Waals surface area contributed by atoms with E-state index < -0.39 is 0 Å². The van der Waals surface area contributed by atoms with Crippen LogP contribution < -0.4 is 0 Å². The Morgan fingerprint density at radius 3 is 2.09 bits per heavy atom. The van der Waals surface area contributed by atoms with Crippen molar-refractivity contribution >= 4 is 45.3 Å². The van der Waals surface area contributed by atoms with E-state index in [4.69, 9.17) is 23.2 Å². The molecule has 0 fully saturated rings. The Kier molecular flexibility index (Phi) is 3.96. The van der Waals surface area contributed by atoms with E-state index in [1.54, 1.807) is 37.2 Å². The number of rotatable bonds is 0. The SMILES string of the molecule is Cn1cnc2cc(Cl)ncc21.Cn1cnc2cnc(Cl)cc21. The second-order valence-electron chi connectivity index (χ2n) is 4.70. The molecule has 0 atom stereocenters. The number of aromatic nitrogens is 6. The van der Waals surface area contributed by atoms with E-state index in [0.717, 1.165) is 22.1 Å². The Balaban J connectivity index is 0.000000131. The van der Waals surface area contributed by atoms with Gasteiger partial charge in [0.25, 0.3) is 0 Å². The molecule has 0 aliphatic rings. The molecule has 8 heteroatoms. The smallest absolute Gasteiger partial charge is 0.131 e. The summed E-state index contributed by atoms with van der Waals surface area (Å²) in [6.07, 6.45) is 6.85. The fourth-order valence-corrected chi connectivity index (χ4v) is 2.31. The molecule has 6 nitrogen and oxygen atoms in total. The van der Waals surface area contributed by atoms with Gasteiger partial charge in [0.2, 0.25) is 0 Å². The zero-order valence-corrected chi connectivity index (χ0v) is 13.4. The molecule has 112 valence electrons. The number of hydrogen-bond acceptors (Lipinski definition) is 4. The molecule has 4 aromatic heterocycles. The van der Waals surface area contributed by atoms with Gasteiger partial charge in [0.15, 0.2) is 0 Å². The summed E-state index contributed by atoms with van der Waals surface area (Å²) in [6, 6.07) is 3.54. The summed E-state index contributed by atoms with van der Waals surface area (Å²) < 4.78 is 3.81. The highest BCUT2D eigenvalue weighted by molar-refractivity contribution is 6.30. The Morgan fingerprint density at radius 2 is 1.32 bits per heavy atom. The molecular formula is C14H12Cl2N6. The first-order valence-corrected chi connectivity index (χ1v) is 7.15. The van der Waals surface area contributed by atoms with E-state index in [1.807, 2.05) is 23.2 Å². The van der Waals surface area contributed by atoms with Gasteiger partial charge in [-0.2, -0.15) is 0 Å². The van der Waals surface area contributed by atoms with Crippen LogP contribution in [0.5, 0.6) is 0 Å². The summed E-state index contributed by atoms with van der Waals surface area (Å²) in [5, 5.41) is 0.984. The van der Waals surface area contributed by atoms with Gasteiger partial charge in [-0.05, 0) is 0 Å². The van der Waals surface area contributed by atoms with Crippen LogP contribution in [0.2, 0.25) is 10.3 Å². The zero-order valence-electron chi connectivity index (χ0n) is 11.9. The highest BCUT2D eigenvalue weighted by Gasteiger charge is 2.00. The Bertz CT molecular complexity index is 943. The molecule has 0 bridgehead atoms. The van der Waals surface area contributed by atoms with Gasteiger partial charge >= 0.3 is 0 Å². The number of fused-ring (bicyclic) bond motifs is 2. The molecule has 4 aromatic rings. The van der Waals surface area contributed by atoms with E-state index in [-0.39, 0.29) is 0 Å². The maximum atomic E-state index is 5.70. The van der Waals surface area contributed by atoms with Crippen LogP contribution in [0.15, 0.2) is 37.2 Å². The third-order valence-electron chi connectivity index (χ3n) is 3.16. The fourth-order valence-electron chi connectivity index (χ4n) is 2.01. The lowest BCUT2D eigenvalue weighted by atomic mass is 10.4. The first kappa shape index (κ1) is 14.7. The standard InChI is InChI=1S/2C7H6ClN3/c1-11-4-10-5-3-9-7(8)2-6(5)11;1-11-4-10-5-2-7(8)9-3-6(5)11/h2*2-4H,1H3. The number of pyridine rings is 2. The van der Waals surface area contributed by atoms with E-state index in [1.165, 1.54) is 0 Å². The van der Waals surface area contributed by atoms with Crippen molar-refractivity contribution in [3.05, 3.63) is 47.5 Å². The van der Waals surface area contributed by atoms with Crippen LogP contribution in [-0.4, -0.2) is 29.1 Å². The van der Waals surface area contributed by atoms with Gasteiger partial charge in [-0.15, -0.1) is 0 Å². The summed E-state index contributed by atoms with van der Waals surface area (Å²) in [4.78, 5) is 16.1. The minimum absolute atomic E-state index is 0.483. The molecule has 0 unspecified atom stereocenters. The highest BCUT2D eigenvalue weighted by Crippen LogP contribution is 2.14. The molecule has 4 heterocycles. The molecule has 22 heavy (non-hydrogen) atoms. The quantitative estimate of drug-likeness (QED) is 0.463. The van der Waals surface area contributed by atoms with Gasteiger partial charge in [0.1, 0.15) is 15.8 Å². The lowest BCUT2D eigenvalue weighted by Crippen LogP contribution is -1.84. The number of hydrogen-bond donors (Lipinski definition) is 0. The monoisotopic (exact) mass is 334 g/mol. The minimum atomic E-state index is 0.483. The number of halogens is 2. The first-order valence-electron chi connectivity index (χ1n) is 6.40. The first-order chi connectivity index (χ1) is 10.5. The lowest BCUT2D eigenvalue weighted by molar-refractivity contribution is 0.945. The second kappa shape index (κ2) is 5.90. The molecule has 0 N–H and O–H groups in total. The molecule has 0 saturated heterocycles. The van der Waals surface area contributed by atoms with Crippen molar-refractivity contribution in [1.29, 1.82) is 0 Å². The van der Waals surface area contributed by atoms with Gasteiger partial charge in [0, 0.05) is 26.2 Å². The Morgan fingerprint density at radius 1 is 0.727 bits per heavy atom. The topological polar surface area (TPSA) is 61.4 Å². The lowest BCUT2D eigenvalue weighted by Gasteiger charge is -1.92. The zero-order chi connectivity index (χ0) is 15.7. The van der Waals surface area contributed by atoms with Crippen LogP contribution in [0.4, 0.5) is 0 Å². The predicted octanol–water partition coefficient (Wildman–Crippen LogP) is 3.24. The molecular weight excluding hydrogens is 323 g/mol. The van der Waals surface area contributed by atoms with Crippen molar-refractivity contribution in [2.75, 3.05) is 0 Å². The normalized spacial score (nSPS) is 10.7. The maximum Gasteiger partial charge on any atom is 0.131 e. The highest BCUT2D eigenvalue weighted by atomic mass is 35.5. The Labute approximate surface area is 136 Å². The van der Waals surface area contributed by atoms with Crippen molar-refractivity contribution in [3.63, 3.8) is 0 Å². The molecule has 0 aliphatic heterocycles. The summed E-state index contributed by atoms with van der Waals surface area (Å²) in [5.74, 6) is 0. The summed E-state index contributed by atoms with van der Waals surface area (Å²) in [7, 11) is 3.84. The number of nitrogens with zero attached hydrogens (tertiary/aromatic N) is 6.